The van der Waals surface area contributed by atoms with Crippen LogP contribution in [0.25, 0.3) is 10.9 Å². The monoisotopic (exact) mass is 584 g/mol. The van der Waals surface area contributed by atoms with Crippen LogP contribution in [0.15, 0.2) is 36.7 Å². The molecule has 1 spiro atoms. The van der Waals surface area contributed by atoms with Crippen LogP contribution >= 0.6 is 0 Å². The summed E-state index contributed by atoms with van der Waals surface area (Å²) < 4.78 is 44.6. The maximum atomic E-state index is 13.6. The minimum Gasteiger partial charge on any atom is -0.398 e. The van der Waals surface area contributed by atoms with Crippen molar-refractivity contribution in [1.29, 1.82) is 0 Å². The summed E-state index contributed by atoms with van der Waals surface area (Å²) >= 11 is 0. The molecule has 3 saturated heterocycles. The Bertz CT molecular complexity index is 1420. The molecule has 1 amide bonds. The minimum absolute atomic E-state index is 0.123. The summed E-state index contributed by atoms with van der Waals surface area (Å²) in [4.78, 5) is 29.9. The maximum Gasteiger partial charge on any atom is 0.451 e. The number of carbonyl (C=O) groups excluding carboxylic acids is 1. The Balaban J connectivity index is 1.21. The van der Waals surface area contributed by atoms with E-state index in [9.17, 15) is 18.0 Å². The number of aromatic nitrogens is 3. The molecule has 2 atom stereocenters. The van der Waals surface area contributed by atoms with Crippen LogP contribution in [0.1, 0.15) is 53.5 Å². The Labute approximate surface area is 241 Å². The zero-order chi connectivity index (χ0) is 29.3. The van der Waals surface area contributed by atoms with Gasteiger partial charge in [-0.2, -0.15) is 13.2 Å². The molecule has 13 heteroatoms. The second-order valence-electron chi connectivity index (χ2n) is 11.3. The topological polar surface area (TPSA) is 122 Å². The molecule has 2 aromatic heterocycles. The molecule has 3 fully saturated rings. The van der Waals surface area contributed by atoms with Crippen molar-refractivity contribution in [2.75, 3.05) is 63.1 Å². The number of nitrogen functional groups attached to an aromatic ring is 1. The predicted octanol–water partition coefficient (Wildman–Crippen LogP) is 3.15. The van der Waals surface area contributed by atoms with Crippen molar-refractivity contribution in [3.05, 3.63) is 53.6 Å². The number of nitrogens with one attached hydrogen (secondary N) is 2. The molecule has 42 heavy (non-hydrogen) atoms. The molecule has 2 unspecified atom stereocenters. The van der Waals surface area contributed by atoms with E-state index in [4.69, 9.17) is 15.5 Å². The lowest BCUT2D eigenvalue weighted by Crippen LogP contribution is -2.50. The highest BCUT2D eigenvalue weighted by atomic mass is 19.4. The number of benzene rings is 1. The molecule has 4 N–H and O–H groups in total. The number of halogens is 3. The van der Waals surface area contributed by atoms with Crippen molar-refractivity contribution in [1.82, 2.24) is 30.5 Å². The van der Waals surface area contributed by atoms with E-state index in [0.29, 0.717) is 54.0 Å². The quantitative estimate of drug-likeness (QED) is 0.375. The van der Waals surface area contributed by atoms with E-state index in [1.807, 2.05) is 23.1 Å². The summed E-state index contributed by atoms with van der Waals surface area (Å²) in [6.45, 7) is 5.06. The molecule has 0 radical (unpaired) electrons. The van der Waals surface area contributed by atoms with Crippen molar-refractivity contribution in [2.45, 2.75) is 43.4 Å². The fraction of sp³-hybridized carbons (Fsp3) is 0.517. The van der Waals surface area contributed by atoms with E-state index in [-0.39, 0.29) is 18.0 Å². The number of morpholine rings is 1. The van der Waals surface area contributed by atoms with Crippen molar-refractivity contribution < 1.29 is 22.7 Å². The van der Waals surface area contributed by atoms with Gasteiger partial charge in [0.25, 0.3) is 5.91 Å². The maximum absolute atomic E-state index is 13.6. The van der Waals surface area contributed by atoms with Gasteiger partial charge in [-0.1, -0.05) is 6.42 Å². The van der Waals surface area contributed by atoms with Gasteiger partial charge < -0.3 is 26.0 Å². The van der Waals surface area contributed by atoms with Crippen LogP contribution in [0, 0.1) is 0 Å². The van der Waals surface area contributed by atoms with E-state index in [0.717, 1.165) is 31.9 Å². The van der Waals surface area contributed by atoms with E-state index in [1.54, 1.807) is 6.07 Å². The van der Waals surface area contributed by atoms with Gasteiger partial charge in [-0.15, -0.1) is 0 Å². The number of nitrogens with zero attached hydrogens (tertiary/aromatic N) is 5. The molecular formula is C29H35F3N8O2. The third kappa shape index (κ3) is 5.86. The Morgan fingerprint density at radius 2 is 1.88 bits per heavy atom. The van der Waals surface area contributed by atoms with Crippen LogP contribution in [0.2, 0.25) is 0 Å². The van der Waals surface area contributed by atoms with Crippen molar-refractivity contribution >= 4 is 28.3 Å². The standard InChI is InChI=1S/C29H35F3N8O2/c30-29(31,32)27-35-15-19(16-36-27)23(39-11-13-42-14-12-39)17-34-26(41)25-20-3-6-24(38-22(20)5-4-21(25)33)40-10-8-28(18-40)7-1-2-9-37-28/h3-6,15-16,23,37H,1-2,7-14,17-18,33H2,(H,34,41). The lowest BCUT2D eigenvalue weighted by atomic mass is 9.88. The molecule has 0 aliphatic carbocycles. The first-order valence-corrected chi connectivity index (χ1v) is 14.4. The summed E-state index contributed by atoms with van der Waals surface area (Å²) in [7, 11) is 0. The number of carbonyl (C=O) groups is 1. The third-order valence-electron chi connectivity index (χ3n) is 8.63. The van der Waals surface area contributed by atoms with Crippen LogP contribution in [-0.4, -0.2) is 83.8 Å². The zero-order valence-electron chi connectivity index (χ0n) is 23.3. The van der Waals surface area contributed by atoms with E-state index in [1.165, 1.54) is 31.7 Å². The van der Waals surface area contributed by atoms with Gasteiger partial charge in [0.2, 0.25) is 5.82 Å². The molecule has 10 nitrogen and oxygen atoms in total. The molecule has 5 heterocycles. The summed E-state index contributed by atoms with van der Waals surface area (Å²) in [5, 5.41) is 7.32. The van der Waals surface area contributed by atoms with Gasteiger partial charge in [-0.3, -0.25) is 9.69 Å². The summed E-state index contributed by atoms with van der Waals surface area (Å²) in [5.41, 5.74) is 8.23. The number of ether oxygens (including phenoxy) is 1. The van der Waals surface area contributed by atoms with Gasteiger partial charge in [0, 0.05) is 67.3 Å². The van der Waals surface area contributed by atoms with Crippen LogP contribution < -0.4 is 21.3 Å². The van der Waals surface area contributed by atoms with Gasteiger partial charge >= 0.3 is 6.18 Å². The van der Waals surface area contributed by atoms with E-state index in [2.05, 4.69) is 25.5 Å². The number of pyridine rings is 1. The van der Waals surface area contributed by atoms with Gasteiger partial charge in [0.1, 0.15) is 5.82 Å². The highest BCUT2D eigenvalue weighted by Crippen LogP contribution is 2.34. The number of amides is 1. The van der Waals surface area contributed by atoms with Crippen molar-refractivity contribution in [3.8, 4) is 0 Å². The highest BCUT2D eigenvalue weighted by molar-refractivity contribution is 6.10. The number of alkyl halides is 3. The number of rotatable bonds is 6. The first-order valence-electron chi connectivity index (χ1n) is 14.4. The Morgan fingerprint density at radius 3 is 2.60 bits per heavy atom. The van der Waals surface area contributed by atoms with Gasteiger partial charge in [-0.05, 0) is 50.1 Å². The molecule has 3 aromatic rings. The number of hydrogen-bond acceptors (Lipinski definition) is 9. The zero-order valence-corrected chi connectivity index (χ0v) is 23.3. The van der Waals surface area contributed by atoms with E-state index >= 15 is 0 Å². The summed E-state index contributed by atoms with van der Waals surface area (Å²) in [6.07, 6.45) is 2.41. The smallest absolute Gasteiger partial charge is 0.398 e. The summed E-state index contributed by atoms with van der Waals surface area (Å²) in [5.74, 6) is -0.714. The Kier molecular flexibility index (Phi) is 7.90. The Hall–Kier alpha value is -3.55. The second-order valence-corrected chi connectivity index (χ2v) is 11.3. The number of piperidine rings is 1. The van der Waals surface area contributed by atoms with Crippen LogP contribution in [0.4, 0.5) is 24.7 Å². The number of hydrogen-bond donors (Lipinski definition) is 3. The fourth-order valence-electron chi connectivity index (χ4n) is 6.37. The van der Waals surface area contributed by atoms with Crippen LogP contribution in [0.3, 0.4) is 0 Å². The normalized spacial score (nSPS) is 22.5. The van der Waals surface area contributed by atoms with Crippen LogP contribution in [0.5, 0.6) is 0 Å². The van der Waals surface area contributed by atoms with Gasteiger partial charge in [-0.25, -0.2) is 15.0 Å². The molecule has 3 aliphatic heterocycles. The first kappa shape index (κ1) is 28.6. The third-order valence-corrected chi connectivity index (χ3v) is 8.63. The second kappa shape index (κ2) is 11.6. The molecule has 0 bridgehead atoms. The lowest BCUT2D eigenvalue weighted by molar-refractivity contribution is -0.145. The predicted molar refractivity (Wildman–Crippen MR) is 152 cm³/mol. The SMILES string of the molecule is Nc1ccc2nc(N3CCC4(CCCCN4)C3)ccc2c1C(=O)NCC(c1cnc(C(F)(F)F)nc1)N1CCOCC1. The molecule has 1 aromatic carbocycles. The van der Waals surface area contributed by atoms with Gasteiger partial charge in [0.05, 0.1) is 30.3 Å². The molecule has 224 valence electrons. The lowest BCUT2D eigenvalue weighted by Gasteiger charge is -2.34. The largest absolute Gasteiger partial charge is 0.451 e. The van der Waals surface area contributed by atoms with Gasteiger partial charge in [0.15, 0.2) is 0 Å². The average Bonchev–Trinajstić information content (AvgIpc) is 3.40. The highest BCUT2D eigenvalue weighted by Gasteiger charge is 2.39. The average molecular weight is 585 g/mol. The number of anilines is 2. The minimum atomic E-state index is -4.63. The summed E-state index contributed by atoms with van der Waals surface area (Å²) in [6, 6.07) is 6.90. The number of fused-ring (bicyclic) bond motifs is 1. The van der Waals surface area contributed by atoms with Crippen LogP contribution in [-0.2, 0) is 10.9 Å². The van der Waals surface area contributed by atoms with Crippen molar-refractivity contribution in [2.24, 2.45) is 0 Å². The fourth-order valence-corrected chi connectivity index (χ4v) is 6.37. The molecular weight excluding hydrogens is 549 g/mol. The molecule has 0 saturated carbocycles. The molecule has 3 aliphatic rings. The Morgan fingerprint density at radius 1 is 1.10 bits per heavy atom. The van der Waals surface area contributed by atoms with E-state index < -0.39 is 18.0 Å². The van der Waals surface area contributed by atoms with Crippen molar-refractivity contribution in [3.63, 3.8) is 0 Å². The molecule has 6 rings (SSSR count). The first-order chi connectivity index (χ1) is 20.2. The number of nitrogens with two attached hydrogens (primary N) is 1.